The summed E-state index contributed by atoms with van der Waals surface area (Å²) in [5.74, 6) is 0.119. The maximum Gasteiger partial charge on any atom is 0.319 e. The molecule has 0 bridgehead atoms. The van der Waals surface area contributed by atoms with Crippen LogP contribution in [-0.2, 0) is 6.54 Å². The number of nitrogens with zero attached hydrogens (tertiary/aromatic N) is 4. The molecular formula is C16H26N4O2S. The standard InChI is InChI=1S/C16H26N4O2S/c1-12-17-14(11-23-12)10-19-6-4-16(22)5-7-20(9-13(16)8-19)15(21)18(2)3/h11,13,22H,4-10H2,1-3H3/t13-,16-/m1/s1. The Labute approximate surface area is 141 Å². The lowest BCUT2D eigenvalue weighted by atomic mass is 9.75. The van der Waals surface area contributed by atoms with Crippen LogP contribution >= 0.6 is 11.3 Å². The summed E-state index contributed by atoms with van der Waals surface area (Å²) in [7, 11) is 3.56. The van der Waals surface area contributed by atoms with E-state index >= 15 is 0 Å². The number of aromatic nitrogens is 1. The first-order chi connectivity index (χ1) is 10.9. The highest BCUT2D eigenvalue weighted by Crippen LogP contribution is 2.36. The van der Waals surface area contributed by atoms with E-state index < -0.39 is 5.60 Å². The van der Waals surface area contributed by atoms with Crippen LogP contribution in [0, 0.1) is 12.8 Å². The number of aryl methyl sites for hydroxylation is 1. The fourth-order valence-electron chi connectivity index (χ4n) is 3.68. The fraction of sp³-hybridized carbons (Fsp3) is 0.750. The topological polar surface area (TPSA) is 59.9 Å². The Bertz CT molecular complexity index is 576. The zero-order chi connectivity index (χ0) is 16.6. The zero-order valence-electron chi connectivity index (χ0n) is 14.2. The summed E-state index contributed by atoms with van der Waals surface area (Å²) in [6, 6.07) is 0.0410. The first-order valence-electron chi connectivity index (χ1n) is 8.19. The summed E-state index contributed by atoms with van der Waals surface area (Å²) in [4.78, 5) is 22.6. The van der Waals surface area contributed by atoms with Gasteiger partial charge in [-0.3, -0.25) is 4.90 Å². The van der Waals surface area contributed by atoms with E-state index in [2.05, 4.69) is 15.3 Å². The summed E-state index contributed by atoms with van der Waals surface area (Å²) in [5.41, 5.74) is 0.493. The SMILES string of the molecule is Cc1nc(CN2CC[C@@]3(O)CCN(C(=O)N(C)C)C[C@H]3C2)cs1. The molecule has 2 aliphatic heterocycles. The quantitative estimate of drug-likeness (QED) is 0.885. The molecule has 2 amide bonds. The number of hydrogen-bond donors (Lipinski definition) is 1. The number of piperidine rings is 2. The van der Waals surface area contributed by atoms with Crippen LogP contribution in [0.15, 0.2) is 5.38 Å². The van der Waals surface area contributed by atoms with Crippen LogP contribution in [0.4, 0.5) is 4.79 Å². The number of fused-ring (bicyclic) bond motifs is 1. The van der Waals surface area contributed by atoms with Crippen molar-refractivity contribution in [3.63, 3.8) is 0 Å². The molecule has 3 heterocycles. The van der Waals surface area contributed by atoms with Gasteiger partial charge in [-0.1, -0.05) is 0 Å². The van der Waals surface area contributed by atoms with E-state index in [-0.39, 0.29) is 11.9 Å². The van der Waals surface area contributed by atoms with E-state index in [1.54, 1.807) is 30.3 Å². The van der Waals surface area contributed by atoms with Crippen molar-refractivity contribution < 1.29 is 9.90 Å². The summed E-state index contributed by atoms with van der Waals surface area (Å²) in [6.45, 7) is 5.86. The van der Waals surface area contributed by atoms with Gasteiger partial charge < -0.3 is 14.9 Å². The second-order valence-corrected chi connectivity index (χ2v) is 8.08. The van der Waals surface area contributed by atoms with E-state index in [1.165, 1.54) is 0 Å². The zero-order valence-corrected chi connectivity index (χ0v) is 15.0. The summed E-state index contributed by atoms with van der Waals surface area (Å²) in [6.07, 6.45) is 1.46. The first-order valence-corrected chi connectivity index (χ1v) is 9.07. The van der Waals surface area contributed by atoms with Crippen molar-refractivity contribution in [2.45, 2.75) is 31.9 Å². The van der Waals surface area contributed by atoms with Gasteiger partial charge in [0.15, 0.2) is 0 Å². The Morgan fingerprint density at radius 1 is 1.43 bits per heavy atom. The van der Waals surface area contributed by atoms with E-state index in [9.17, 15) is 9.90 Å². The Morgan fingerprint density at radius 3 is 2.83 bits per heavy atom. The highest BCUT2D eigenvalue weighted by atomic mass is 32.1. The molecule has 128 valence electrons. The number of hydrogen-bond acceptors (Lipinski definition) is 5. The average Bonchev–Trinajstić information content (AvgIpc) is 2.91. The van der Waals surface area contributed by atoms with Crippen molar-refractivity contribution in [2.24, 2.45) is 5.92 Å². The molecule has 23 heavy (non-hydrogen) atoms. The van der Waals surface area contributed by atoms with E-state index in [4.69, 9.17) is 0 Å². The van der Waals surface area contributed by atoms with E-state index in [0.29, 0.717) is 19.5 Å². The number of carbonyl (C=O) groups excluding carboxylic acids is 1. The van der Waals surface area contributed by atoms with Gasteiger partial charge in [-0.25, -0.2) is 9.78 Å². The number of carbonyl (C=O) groups is 1. The summed E-state index contributed by atoms with van der Waals surface area (Å²) in [5, 5.41) is 14.1. The molecule has 1 N–H and O–H groups in total. The highest BCUT2D eigenvalue weighted by molar-refractivity contribution is 7.09. The van der Waals surface area contributed by atoms with Crippen LogP contribution in [-0.4, -0.2) is 76.7 Å². The van der Waals surface area contributed by atoms with E-state index in [0.717, 1.165) is 36.8 Å². The average molecular weight is 338 g/mol. The van der Waals surface area contributed by atoms with Gasteiger partial charge in [0.25, 0.3) is 0 Å². The van der Waals surface area contributed by atoms with E-state index in [1.807, 2.05) is 11.8 Å². The van der Waals surface area contributed by atoms with Gasteiger partial charge in [0.05, 0.1) is 16.3 Å². The third kappa shape index (κ3) is 3.51. The molecule has 0 aromatic carbocycles. The largest absolute Gasteiger partial charge is 0.389 e. The van der Waals surface area contributed by atoms with Crippen LogP contribution < -0.4 is 0 Å². The van der Waals surface area contributed by atoms with Crippen molar-refractivity contribution in [1.82, 2.24) is 19.7 Å². The van der Waals surface area contributed by atoms with Crippen LogP contribution in [0.1, 0.15) is 23.5 Å². The molecular weight excluding hydrogens is 312 g/mol. The highest BCUT2D eigenvalue weighted by Gasteiger charge is 2.46. The van der Waals surface area contributed by atoms with Gasteiger partial charge in [0.1, 0.15) is 0 Å². The number of rotatable bonds is 2. The molecule has 2 saturated heterocycles. The van der Waals surface area contributed by atoms with Crippen LogP contribution in [0.5, 0.6) is 0 Å². The van der Waals surface area contributed by atoms with Gasteiger partial charge in [-0.15, -0.1) is 11.3 Å². The molecule has 0 unspecified atom stereocenters. The normalized spacial score (nSPS) is 28.5. The lowest BCUT2D eigenvalue weighted by Crippen LogP contribution is -2.61. The lowest BCUT2D eigenvalue weighted by molar-refractivity contribution is -0.108. The summed E-state index contributed by atoms with van der Waals surface area (Å²) < 4.78 is 0. The molecule has 2 aliphatic rings. The molecule has 0 radical (unpaired) electrons. The molecule has 2 fully saturated rings. The van der Waals surface area contributed by atoms with Crippen LogP contribution in [0.2, 0.25) is 0 Å². The van der Waals surface area contributed by atoms with Crippen LogP contribution in [0.25, 0.3) is 0 Å². The maximum atomic E-state index is 12.2. The Balaban J connectivity index is 1.65. The van der Waals surface area contributed by atoms with Gasteiger partial charge >= 0.3 is 6.03 Å². The Kier molecular flexibility index (Phi) is 4.62. The predicted molar refractivity (Wildman–Crippen MR) is 90.5 cm³/mol. The van der Waals surface area contributed by atoms with Crippen LogP contribution in [0.3, 0.4) is 0 Å². The molecule has 0 spiro atoms. The predicted octanol–water partition coefficient (Wildman–Crippen LogP) is 1.39. The molecule has 0 saturated carbocycles. The minimum Gasteiger partial charge on any atom is -0.389 e. The lowest BCUT2D eigenvalue weighted by Gasteiger charge is -2.50. The van der Waals surface area contributed by atoms with Crippen molar-refractivity contribution in [2.75, 3.05) is 40.3 Å². The minimum atomic E-state index is -0.614. The maximum absolute atomic E-state index is 12.2. The van der Waals surface area contributed by atoms with Crippen molar-refractivity contribution >= 4 is 17.4 Å². The smallest absolute Gasteiger partial charge is 0.319 e. The third-order valence-electron chi connectivity index (χ3n) is 5.06. The number of thiazole rings is 1. The fourth-order valence-corrected chi connectivity index (χ4v) is 4.29. The second kappa shape index (κ2) is 6.37. The summed E-state index contributed by atoms with van der Waals surface area (Å²) >= 11 is 1.68. The van der Waals surface area contributed by atoms with Crippen molar-refractivity contribution in [3.05, 3.63) is 16.1 Å². The minimum absolute atomic E-state index is 0.0410. The molecule has 2 atom stereocenters. The third-order valence-corrected chi connectivity index (χ3v) is 5.88. The second-order valence-electron chi connectivity index (χ2n) is 7.02. The van der Waals surface area contributed by atoms with Gasteiger partial charge in [-0.05, 0) is 19.8 Å². The van der Waals surface area contributed by atoms with Gasteiger partial charge in [-0.2, -0.15) is 0 Å². The molecule has 1 aromatic heterocycles. The molecule has 3 rings (SSSR count). The van der Waals surface area contributed by atoms with Gasteiger partial charge in [0.2, 0.25) is 0 Å². The monoisotopic (exact) mass is 338 g/mol. The Morgan fingerprint density at radius 2 is 2.17 bits per heavy atom. The molecule has 0 aliphatic carbocycles. The van der Waals surface area contributed by atoms with Crippen molar-refractivity contribution in [3.8, 4) is 0 Å². The molecule has 6 nitrogen and oxygen atoms in total. The Hall–Kier alpha value is -1.18. The molecule has 1 aromatic rings. The number of aliphatic hydroxyl groups is 1. The number of amides is 2. The molecule has 7 heteroatoms. The number of likely N-dealkylation sites (tertiary alicyclic amines) is 2. The van der Waals surface area contributed by atoms with Crippen molar-refractivity contribution in [1.29, 1.82) is 0 Å². The number of urea groups is 1. The van der Waals surface area contributed by atoms with Gasteiger partial charge in [0, 0.05) is 58.1 Å². The first kappa shape index (κ1) is 16.7.